The van der Waals surface area contributed by atoms with Crippen LogP contribution in [0.3, 0.4) is 0 Å². The lowest BCUT2D eigenvalue weighted by Gasteiger charge is -2.24. The lowest BCUT2D eigenvalue weighted by atomic mass is 9.88. The summed E-state index contributed by atoms with van der Waals surface area (Å²) in [5, 5.41) is 2.85. The van der Waals surface area contributed by atoms with Crippen molar-refractivity contribution in [1.82, 2.24) is 5.32 Å². The molecule has 272 valence electrons. The summed E-state index contributed by atoms with van der Waals surface area (Å²) in [7, 11) is 3.13. The van der Waals surface area contributed by atoms with Gasteiger partial charge >= 0.3 is 11.9 Å². The van der Waals surface area contributed by atoms with Crippen molar-refractivity contribution in [2.45, 2.75) is 106 Å². The Hall–Kier alpha value is -2.41. The van der Waals surface area contributed by atoms with E-state index in [1.54, 1.807) is 14.2 Å². The van der Waals surface area contributed by atoms with Crippen LogP contribution in [0.1, 0.15) is 100 Å². The quantitative estimate of drug-likeness (QED) is 0.0959. The van der Waals surface area contributed by atoms with Crippen molar-refractivity contribution in [2.75, 3.05) is 67.1 Å². The molecule has 0 aliphatic carbocycles. The van der Waals surface area contributed by atoms with Crippen molar-refractivity contribution in [3.63, 3.8) is 0 Å². The zero-order valence-electron chi connectivity index (χ0n) is 30.4. The van der Waals surface area contributed by atoms with E-state index in [0.717, 1.165) is 0 Å². The van der Waals surface area contributed by atoms with Gasteiger partial charge in [-0.2, -0.15) is 0 Å². The van der Waals surface area contributed by atoms with E-state index in [0.29, 0.717) is 39.3 Å². The van der Waals surface area contributed by atoms with Crippen LogP contribution in [0.15, 0.2) is 0 Å². The number of carbonyl (C=O) groups excluding carboxylic acids is 5. The number of ketones is 2. The third-order valence-electron chi connectivity index (χ3n) is 6.54. The number of carbonyl (C=O) groups is 5. The molecule has 0 aromatic carbocycles. The Morgan fingerprint density at radius 3 is 1.48 bits per heavy atom. The summed E-state index contributed by atoms with van der Waals surface area (Å²) >= 11 is 0. The largest absolute Gasteiger partial charge is 0.463 e. The summed E-state index contributed by atoms with van der Waals surface area (Å²) in [5.74, 6) is -2.71. The van der Waals surface area contributed by atoms with E-state index in [1.807, 2.05) is 48.5 Å². The first-order valence-corrected chi connectivity index (χ1v) is 16.8. The topological polar surface area (TPSA) is 153 Å². The molecule has 0 saturated heterocycles. The van der Waals surface area contributed by atoms with Crippen molar-refractivity contribution >= 4 is 29.4 Å². The van der Waals surface area contributed by atoms with Crippen LogP contribution in [-0.4, -0.2) is 103 Å². The van der Waals surface area contributed by atoms with E-state index in [4.69, 9.17) is 28.4 Å². The number of nitrogens with one attached hydrogen (secondary N) is 1. The number of methoxy groups -OCH3 is 2. The number of rotatable bonds is 27. The number of amides is 1. The summed E-state index contributed by atoms with van der Waals surface area (Å²) in [6.07, 6.45) is 1.31. The van der Waals surface area contributed by atoms with Gasteiger partial charge in [-0.3, -0.25) is 24.0 Å². The van der Waals surface area contributed by atoms with Gasteiger partial charge in [0.05, 0.1) is 45.7 Å². The first-order valence-electron chi connectivity index (χ1n) is 16.8. The highest BCUT2D eigenvalue weighted by Gasteiger charge is 2.29. The molecule has 0 aliphatic rings. The lowest BCUT2D eigenvalue weighted by Crippen LogP contribution is -2.45. The molecule has 0 spiro atoms. The Labute approximate surface area is 278 Å². The standard InChI is InChI=1S/C30H53NO11.2C2H6/c1-7-24(8-10-28(34)41-18-16-39-14-12-37-5)30(36)31-26(20-22(2)3)27(33)21-25(23(4)32)9-11-29(35)42-19-17-40-15-13-38-6;2*1-2/h22,24-26H,7-21H2,1-6H3,(H,31,36);2*1-2H3/t24-,25?,26-;;/m0../s1. The average Bonchev–Trinajstić information content (AvgIpc) is 3.04. The average molecular weight is 664 g/mol. The molecule has 0 saturated carbocycles. The van der Waals surface area contributed by atoms with E-state index in [-0.39, 0.29) is 81.9 Å². The van der Waals surface area contributed by atoms with Gasteiger partial charge in [-0.1, -0.05) is 48.5 Å². The molecule has 0 heterocycles. The third-order valence-corrected chi connectivity index (χ3v) is 6.54. The third kappa shape index (κ3) is 27.9. The highest BCUT2D eigenvalue weighted by molar-refractivity contribution is 5.93. The van der Waals surface area contributed by atoms with Crippen LogP contribution in [0.5, 0.6) is 0 Å². The minimum absolute atomic E-state index is 0.00983. The summed E-state index contributed by atoms with van der Waals surface area (Å²) in [6.45, 7) is 17.5. The van der Waals surface area contributed by atoms with Gasteiger partial charge in [-0.05, 0) is 38.5 Å². The molecule has 0 aliphatic heterocycles. The molecule has 0 aromatic rings. The molecule has 0 bridgehead atoms. The number of esters is 2. The van der Waals surface area contributed by atoms with Gasteiger partial charge < -0.3 is 33.7 Å². The summed E-state index contributed by atoms with van der Waals surface area (Å²) in [4.78, 5) is 62.8. The molecule has 12 heteroatoms. The van der Waals surface area contributed by atoms with E-state index in [2.05, 4.69) is 5.32 Å². The minimum atomic E-state index is -0.777. The van der Waals surface area contributed by atoms with Crippen LogP contribution in [0, 0.1) is 17.8 Å². The zero-order valence-corrected chi connectivity index (χ0v) is 30.4. The van der Waals surface area contributed by atoms with Gasteiger partial charge in [0.15, 0.2) is 5.78 Å². The second-order valence-corrected chi connectivity index (χ2v) is 10.5. The van der Waals surface area contributed by atoms with Crippen LogP contribution in [0.4, 0.5) is 0 Å². The number of ether oxygens (including phenoxy) is 6. The molecule has 0 rings (SSSR count). The molecular weight excluding hydrogens is 598 g/mol. The Morgan fingerprint density at radius 2 is 1.09 bits per heavy atom. The zero-order chi connectivity index (χ0) is 35.8. The summed E-state index contributed by atoms with van der Waals surface area (Å²) in [5.41, 5.74) is 0. The van der Waals surface area contributed by atoms with E-state index in [9.17, 15) is 24.0 Å². The lowest BCUT2D eigenvalue weighted by molar-refractivity contribution is -0.146. The van der Waals surface area contributed by atoms with Gasteiger partial charge in [0.1, 0.15) is 19.0 Å². The Morgan fingerprint density at radius 1 is 0.652 bits per heavy atom. The molecule has 12 nitrogen and oxygen atoms in total. The second-order valence-electron chi connectivity index (χ2n) is 10.5. The van der Waals surface area contributed by atoms with Gasteiger partial charge in [0, 0.05) is 45.3 Å². The molecule has 0 radical (unpaired) electrons. The Balaban J connectivity index is -0.00000443. The van der Waals surface area contributed by atoms with Gasteiger partial charge in [0.25, 0.3) is 0 Å². The van der Waals surface area contributed by atoms with Crippen molar-refractivity contribution in [3.05, 3.63) is 0 Å². The van der Waals surface area contributed by atoms with Crippen LogP contribution >= 0.6 is 0 Å². The van der Waals surface area contributed by atoms with Crippen molar-refractivity contribution in [1.29, 1.82) is 0 Å². The Kier molecular flexibility index (Phi) is 35.4. The molecular formula is C34H65NO11. The highest BCUT2D eigenvalue weighted by Crippen LogP contribution is 2.19. The molecule has 3 atom stereocenters. The van der Waals surface area contributed by atoms with Gasteiger partial charge in [-0.15, -0.1) is 0 Å². The minimum Gasteiger partial charge on any atom is -0.463 e. The molecule has 1 amide bonds. The first-order chi connectivity index (χ1) is 22.0. The molecule has 46 heavy (non-hydrogen) atoms. The van der Waals surface area contributed by atoms with E-state index in [1.165, 1.54) is 6.92 Å². The van der Waals surface area contributed by atoms with Gasteiger partial charge in [-0.25, -0.2) is 0 Å². The summed E-state index contributed by atoms with van der Waals surface area (Å²) in [6, 6.07) is -0.777. The van der Waals surface area contributed by atoms with E-state index >= 15 is 0 Å². The van der Waals surface area contributed by atoms with Gasteiger partial charge in [0.2, 0.25) is 5.91 Å². The Bertz CT molecular complexity index is 789. The maximum absolute atomic E-state index is 13.3. The van der Waals surface area contributed by atoms with Crippen molar-refractivity contribution < 1.29 is 52.4 Å². The van der Waals surface area contributed by atoms with Crippen LogP contribution < -0.4 is 5.32 Å². The van der Waals surface area contributed by atoms with E-state index < -0.39 is 29.8 Å². The fraction of sp³-hybridized carbons (Fsp3) is 0.853. The SMILES string of the molecule is CC.CC.CC[C@@H](CCC(=O)OCCOCCOC)C(=O)N[C@@H](CC(C)C)C(=O)CC(CCC(=O)OCCOCCOC)C(C)=O. The monoisotopic (exact) mass is 663 g/mol. The fourth-order valence-corrected chi connectivity index (χ4v) is 4.03. The maximum atomic E-state index is 13.3. The molecule has 0 fully saturated rings. The molecule has 1 unspecified atom stereocenters. The van der Waals surface area contributed by atoms with Crippen molar-refractivity contribution in [2.24, 2.45) is 17.8 Å². The predicted octanol–water partition coefficient (Wildman–Crippen LogP) is 4.73. The normalized spacial score (nSPS) is 12.4. The number of Topliss-reactive ketones (excluding diaryl/α,β-unsaturated/α-hetero) is 2. The van der Waals surface area contributed by atoms with Crippen LogP contribution in [0.2, 0.25) is 0 Å². The molecule has 1 N–H and O–H groups in total. The summed E-state index contributed by atoms with van der Waals surface area (Å²) < 4.78 is 30.5. The molecule has 0 aromatic heterocycles. The smallest absolute Gasteiger partial charge is 0.305 e. The van der Waals surface area contributed by atoms with Crippen LogP contribution in [-0.2, 0) is 52.4 Å². The maximum Gasteiger partial charge on any atom is 0.305 e. The number of hydrogen-bond donors (Lipinski definition) is 1. The highest BCUT2D eigenvalue weighted by atomic mass is 16.6. The van der Waals surface area contributed by atoms with Crippen LogP contribution in [0.25, 0.3) is 0 Å². The van der Waals surface area contributed by atoms with Crippen molar-refractivity contribution in [3.8, 4) is 0 Å². The fourth-order valence-electron chi connectivity index (χ4n) is 4.03. The predicted molar refractivity (Wildman–Crippen MR) is 177 cm³/mol. The second kappa shape index (κ2) is 33.9. The first kappa shape index (κ1) is 48.0. The number of hydrogen-bond acceptors (Lipinski definition) is 11.